The third kappa shape index (κ3) is 3.17. The number of hydrogen-bond acceptors (Lipinski definition) is 5. The molecule has 1 fully saturated rings. The van der Waals surface area contributed by atoms with Gasteiger partial charge in [-0.05, 0) is 38.4 Å². The molecule has 3 aromatic rings. The van der Waals surface area contributed by atoms with Crippen molar-refractivity contribution in [1.82, 2.24) is 20.3 Å². The molecule has 4 rings (SSSR count). The highest BCUT2D eigenvalue weighted by Crippen LogP contribution is 2.34. The van der Waals surface area contributed by atoms with Gasteiger partial charge in [0.05, 0.1) is 25.0 Å². The minimum Gasteiger partial charge on any atom is -0.497 e. The third-order valence-electron chi connectivity index (χ3n) is 4.80. The van der Waals surface area contributed by atoms with Gasteiger partial charge in [-0.1, -0.05) is 17.3 Å². The van der Waals surface area contributed by atoms with Crippen LogP contribution in [0.25, 0.3) is 11.3 Å². The first kappa shape index (κ1) is 15.9. The summed E-state index contributed by atoms with van der Waals surface area (Å²) in [6.07, 6.45) is 4.19. The Hall–Kier alpha value is -2.60. The lowest BCUT2D eigenvalue weighted by Gasteiger charge is -2.22. The van der Waals surface area contributed by atoms with Crippen molar-refractivity contribution in [3.63, 3.8) is 0 Å². The molecule has 0 saturated carbocycles. The van der Waals surface area contributed by atoms with Gasteiger partial charge in [-0.25, -0.2) is 0 Å². The summed E-state index contributed by atoms with van der Waals surface area (Å²) in [5, 5.41) is 11.6. The topological polar surface area (TPSA) is 67.2 Å². The first-order valence-electron chi connectivity index (χ1n) is 8.58. The molecule has 1 aliphatic heterocycles. The fourth-order valence-electron chi connectivity index (χ4n) is 3.57. The minimum absolute atomic E-state index is 0.311. The van der Waals surface area contributed by atoms with Gasteiger partial charge in [-0.3, -0.25) is 10.00 Å². The molecule has 1 N–H and O–H groups in total. The summed E-state index contributed by atoms with van der Waals surface area (Å²) in [7, 11) is 1.68. The average Bonchev–Trinajstić information content (AvgIpc) is 3.36. The number of rotatable bonds is 5. The Morgan fingerprint density at radius 3 is 3.08 bits per heavy atom. The van der Waals surface area contributed by atoms with Crippen molar-refractivity contribution in [2.24, 2.45) is 0 Å². The number of ether oxygens (including phenoxy) is 1. The summed E-state index contributed by atoms with van der Waals surface area (Å²) in [5.74, 6) is 1.71. The number of aryl methyl sites for hydroxylation is 1. The van der Waals surface area contributed by atoms with Crippen LogP contribution in [0.15, 0.2) is 41.1 Å². The number of nitrogens with one attached hydrogen (secondary N) is 1. The van der Waals surface area contributed by atoms with Gasteiger partial charge in [-0.2, -0.15) is 5.10 Å². The Labute approximate surface area is 146 Å². The molecule has 2 aromatic heterocycles. The Morgan fingerprint density at radius 2 is 2.28 bits per heavy atom. The van der Waals surface area contributed by atoms with Crippen LogP contribution in [-0.2, 0) is 6.54 Å². The van der Waals surface area contributed by atoms with Crippen LogP contribution in [0.4, 0.5) is 0 Å². The normalized spacial score (nSPS) is 17.9. The van der Waals surface area contributed by atoms with E-state index in [1.54, 1.807) is 7.11 Å². The van der Waals surface area contributed by atoms with E-state index in [2.05, 4.69) is 26.3 Å². The van der Waals surface area contributed by atoms with Gasteiger partial charge in [0.25, 0.3) is 0 Å². The molecule has 1 aliphatic rings. The van der Waals surface area contributed by atoms with Gasteiger partial charge in [0.2, 0.25) is 0 Å². The SMILES string of the molecule is COc1cccc(-c2[nH]ncc2CN2CCC[C@H]2c2cc(C)on2)c1. The van der Waals surface area contributed by atoms with Crippen molar-refractivity contribution in [2.45, 2.75) is 32.4 Å². The number of nitrogens with zero attached hydrogens (tertiary/aromatic N) is 3. The van der Waals surface area contributed by atoms with Crippen LogP contribution in [0.5, 0.6) is 5.75 Å². The quantitative estimate of drug-likeness (QED) is 0.768. The predicted octanol–water partition coefficient (Wildman–Crippen LogP) is 3.72. The third-order valence-corrected chi connectivity index (χ3v) is 4.80. The minimum atomic E-state index is 0.311. The summed E-state index contributed by atoms with van der Waals surface area (Å²) in [4.78, 5) is 2.45. The lowest BCUT2D eigenvalue weighted by molar-refractivity contribution is 0.237. The van der Waals surface area contributed by atoms with Crippen LogP contribution < -0.4 is 4.74 Å². The summed E-state index contributed by atoms with van der Waals surface area (Å²) in [6.45, 7) is 3.83. The number of H-pyrrole nitrogens is 1. The van der Waals surface area contributed by atoms with E-state index in [4.69, 9.17) is 9.26 Å². The average molecular weight is 338 g/mol. The van der Waals surface area contributed by atoms with E-state index in [1.807, 2.05) is 37.4 Å². The molecule has 6 heteroatoms. The Morgan fingerprint density at radius 1 is 1.36 bits per heavy atom. The zero-order valence-corrected chi connectivity index (χ0v) is 14.5. The second kappa shape index (κ2) is 6.72. The largest absolute Gasteiger partial charge is 0.497 e. The standard InChI is InChI=1S/C19H22N4O2/c1-13-9-17(22-25-13)18-7-4-8-23(18)12-15-11-20-21-19(15)14-5-3-6-16(10-14)24-2/h3,5-6,9-11,18H,4,7-8,12H2,1-2H3,(H,20,21)/t18-/m0/s1. The van der Waals surface area contributed by atoms with Gasteiger partial charge >= 0.3 is 0 Å². The molecule has 25 heavy (non-hydrogen) atoms. The van der Waals surface area contributed by atoms with Crippen LogP contribution in [0, 0.1) is 6.92 Å². The fraction of sp³-hybridized carbons (Fsp3) is 0.368. The van der Waals surface area contributed by atoms with Crippen LogP contribution in [-0.4, -0.2) is 33.9 Å². The number of aromatic amines is 1. The number of hydrogen-bond donors (Lipinski definition) is 1. The molecule has 1 saturated heterocycles. The van der Waals surface area contributed by atoms with E-state index in [0.717, 1.165) is 48.0 Å². The number of methoxy groups -OCH3 is 1. The van der Waals surface area contributed by atoms with E-state index in [9.17, 15) is 0 Å². The van der Waals surface area contributed by atoms with E-state index in [1.165, 1.54) is 12.0 Å². The van der Waals surface area contributed by atoms with E-state index in [0.29, 0.717) is 6.04 Å². The molecule has 0 spiro atoms. The van der Waals surface area contributed by atoms with Crippen LogP contribution in [0.3, 0.4) is 0 Å². The van der Waals surface area contributed by atoms with Crippen molar-refractivity contribution < 1.29 is 9.26 Å². The van der Waals surface area contributed by atoms with Crippen LogP contribution in [0.1, 0.15) is 35.9 Å². The number of aromatic nitrogens is 3. The van der Waals surface area contributed by atoms with E-state index in [-0.39, 0.29) is 0 Å². The summed E-state index contributed by atoms with van der Waals surface area (Å²) in [5.41, 5.74) is 4.34. The second-order valence-electron chi connectivity index (χ2n) is 6.49. The molecule has 0 aliphatic carbocycles. The summed E-state index contributed by atoms with van der Waals surface area (Å²) < 4.78 is 10.6. The molecule has 3 heterocycles. The Bertz CT molecular complexity index is 854. The highest BCUT2D eigenvalue weighted by atomic mass is 16.5. The molecule has 130 valence electrons. The summed E-state index contributed by atoms with van der Waals surface area (Å²) in [6, 6.07) is 10.4. The monoisotopic (exact) mass is 338 g/mol. The molecule has 1 aromatic carbocycles. The van der Waals surface area contributed by atoms with Crippen LogP contribution >= 0.6 is 0 Å². The lowest BCUT2D eigenvalue weighted by atomic mass is 10.1. The highest BCUT2D eigenvalue weighted by Gasteiger charge is 2.29. The molecular weight excluding hydrogens is 316 g/mol. The zero-order chi connectivity index (χ0) is 17.2. The highest BCUT2D eigenvalue weighted by molar-refractivity contribution is 5.64. The maximum absolute atomic E-state index is 5.34. The van der Waals surface area contributed by atoms with Crippen molar-refractivity contribution in [3.8, 4) is 17.0 Å². The smallest absolute Gasteiger partial charge is 0.133 e. The molecular formula is C19H22N4O2. The van der Waals surface area contributed by atoms with Crippen molar-refractivity contribution in [1.29, 1.82) is 0 Å². The van der Waals surface area contributed by atoms with Gasteiger partial charge in [0.15, 0.2) is 0 Å². The fourth-order valence-corrected chi connectivity index (χ4v) is 3.57. The van der Waals surface area contributed by atoms with E-state index >= 15 is 0 Å². The van der Waals surface area contributed by atoms with E-state index < -0.39 is 0 Å². The van der Waals surface area contributed by atoms with Crippen molar-refractivity contribution in [3.05, 3.63) is 53.5 Å². The molecule has 1 atom stereocenters. The Balaban J connectivity index is 1.58. The maximum atomic E-state index is 5.34. The molecule has 6 nitrogen and oxygen atoms in total. The van der Waals surface area contributed by atoms with Crippen molar-refractivity contribution >= 4 is 0 Å². The summed E-state index contributed by atoms with van der Waals surface area (Å²) >= 11 is 0. The lowest BCUT2D eigenvalue weighted by Crippen LogP contribution is -2.23. The maximum Gasteiger partial charge on any atom is 0.133 e. The van der Waals surface area contributed by atoms with Crippen molar-refractivity contribution in [2.75, 3.05) is 13.7 Å². The molecule has 0 radical (unpaired) electrons. The number of likely N-dealkylation sites (tertiary alicyclic amines) is 1. The van der Waals surface area contributed by atoms with Crippen LogP contribution in [0.2, 0.25) is 0 Å². The second-order valence-corrected chi connectivity index (χ2v) is 6.49. The Kier molecular flexibility index (Phi) is 4.28. The van der Waals surface area contributed by atoms with Gasteiger partial charge < -0.3 is 9.26 Å². The van der Waals surface area contributed by atoms with Gasteiger partial charge in [-0.15, -0.1) is 0 Å². The molecule has 0 bridgehead atoms. The number of benzene rings is 1. The van der Waals surface area contributed by atoms with Gasteiger partial charge in [0, 0.05) is 23.7 Å². The predicted molar refractivity (Wildman–Crippen MR) is 94.2 cm³/mol. The first-order chi connectivity index (χ1) is 12.2. The molecule has 0 unspecified atom stereocenters. The zero-order valence-electron chi connectivity index (χ0n) is 14.5. The van der Waals surface area contributed by atoms with Gasteiger partial charge in [0.1, 0.15) is 17.2 Å². The molecule has 0 amide bonds. The first-order valence-corrected chi connectivity index (χ1v) is 8.58.